The van der Waals surface area contributed by atoms with E-state index in [1.165, 1.54) is 12.8 Å². The van der Waals surface area contributed by atoms with E-state index in [4.69, 9.17) is 23.2 Å². The first-order valence-corrected chi connectivity index (χ1v) is 7.76. The monoisotopic (exact) mass is 314 g/mol. The highest BCUT2D eigenvalue weighted by Crippen LogP contribution is 2.27. The van der Waals surface area contributed by atoms with Gasteiger partial charge in [-0.1, -0.05) is 23.2 Å². The van der Waals surface area contributed by atoms with Gasteiger partial charge in [-0.3, -0.25) is 4.79 Å². The number of hydrogen-bond acceptors (Lipinski definition) is 2. The lowest BCUT2D eigenvalue weighted by Gasteiger charge is -2.23. The average molecular weight is 315 g/mol. The molecular formula is C15H20Cl2N2O. The third-order valence-corrected chi connectivity index (χ3v) is 4.63. The molecule has 5 heteroatoms. The molecule has 0 unspecified atom stereocenters. The van der Waals surface area contributed by atoms with Crippen LogP contribution >= 0.6 is 23.2 Å². The van der Waals surface area contributed by atoms with Crippen LogP contribution < -0.4 is 10.2 Å². The average Bonchev–Trinajstić information content (AvgIpc) is 2.48. The molecule has 1 saturated heterocycles. The number of anilines is 1. The molecule has 3 nitrogen and oxygen atoms in total. The molecule has 1 aromatic rings. The molecule has 1 aliphatic rings. The van der Waals surface area contributed by atoms with E-state index in [9.17, 15) is 4.79 Å². The molecule has 20 heavy (non-hydrogen) atoms. The van der Waals surface area contributed by atoms with Crippen molar-refractivity contribution in [1.29, 1.82) is 0 Å². The van der Waals surface area contributed by atoms with Crippen LogP contribution in [0.25, 0.3) is 0 Å². The predicted octanol–water partition coefficient (Wildman–Crippen LogP) is 3.74. The fourth-order valence-electron chi connectivity index (χ4n) is 2.50. The molecule has 1 aromatic carbocycles. The molecule has 110 valence electrons. The maximum absolute atomic E-state index is 12.2. The first kappa shape index (κ1) is 15.6. The fourth-order valence-corrected chi connectivity index (χ4v) is 2.80. The van der Waals surface area contributed by atoms with Gasteiger partial charge in [-0.15, -0.1) is 0 Å². The van der Waals surface area contributed by atoms with Gasteiger partial charge in [0.2, 0.25) is 5.91 Å². The van der Waals surface area contributed by atoms with Crippen molar-refractivity contribution in [3.8, 4) is 0 Å². The molecule has 0 radical (unpaired) electrons. The standard InChI is InChI=1S/C15H20Cl2N2O/c1-19(12-3-4-13(16)14(17)10-12)15(20)5-2-11-6-8-18-9-7-11/h3-4,10-11,18H,2,5-9H2,1H3. The van der Waals surface area contributed by atoms with Gasteiger partial charge in [0.05, 0.1) is 10.0 Å². The number of nitrogens with zero attached hydrogens (tertiary/aromatic N) is 1. The maximum atomic E-state index is 12.2. The van der Waals surface area contributed by atoms with Crippen LogP contribution in [-0.4, -0.2) is 26.0 Å². The molecule has 1 fully saturated rings. The van der Waals surface area contributed by atoms with E-state index in [-0.39, 0.29) is 5.91 Å². The van der Waals surface area contributed by atoms with Gasteiger partial charge in [0.15, 0.2) is 0 Å². The van der Waals surface area contributed by atoms with Crippen LogP contribution in [-0.2, 0) is 4.79 Å². The molecule has 0 saturated carbocycles. The van der Waals surface area contributed by atoms with Crippen molar-refractivity contribution >= 4 is 34.8 Å². The quantitative estimate of drug-likeness (QED) is 0.918. The van der Waals surface area contributed by atoms with E-state index in [0.717, 1.165) is 25.2 Å². The second kappa shape index (κ2) is 7.30. The Hall–Kier alpha value is -0.770. The van der Waals surface area contributed by atoms with Gasteiger partial charge >= 0.3 is 0 Å². The Balaban J connectivity index is 1.89. The molecule has 0 aliphatic carbocycles. The zero-order valence-corrected chi connectivity index (χ0v) is 13.2. The number of carbonyl (C=O) groups excluding carboxylic acids is 1. The van der Waals surface area contributed by atoms with Crippen LogP contribution in [0.5, 0.6) is 0 Å². The zero-order chi connectivity index (χ0) is 14.5. The number of amides is 1. The second-order valence-corrected chi connectivity index (χ2v) is 6.10. The highest BCUT2D eigenvalue weighted by Gasteiger charge is 2.17. The number of hydrogen-bond donors (Lipinski definition) is 1. The van der Waals surface area contributed by atoms with Crippen LogP contribution in [0.4, 0.5) is 5.69 Å². The number of rotatable bonds is 4. The van der Waals surface area contributed by atoms with E-state index in [1.54, 1.807) is 24.1 Å². The molecule has 0 atom stereocenters. The molecule has 1 aliphatic heterocycles. The minimum absolute atomic E-state index is 0.127. The van der Waals surface area contributed by atoms with Crippen molar-refractivity contribution in [2.75, 3.05) is 25.0 Å². The number of nitrogens with one attached hydrogen (secondary N) is 1. The van der Waals surface area contributed by atoms with Crippen molar-refractivity contribution in [3.63, 3.8) is 0 Å². The van der Waals surface area contributed by atoms with Gasteiger partial charge in [0, 0.05) is 19.2 Å². The van der Waals surface area contributed by atoms with E-state index < -0.39 is 0 Å². The number of benzene rings is 1. The minimum Gasteiger partial charge on any atom is -0.317 e. The van der Waals surface area contributed by atoms with Crippen molar-refractivity contribution in [2.45, 2.75) is 25.7 Å². The molecule has 0 bridgehead atoms. The fraction of sp³-hybridized carbons (Fsp3) is 0.533. The molecule has 0 aromatic heterocycles. The van der Waals surface area contributed by atoms with Crippen LogP contribution in [0.15, 0.2) is 18.2 Å². The summed E-state index contributed by atoms with van der Waals surface area (Å²) >= 11 is 11.9. The second-order valence-electron chi connectivity index (χ2n) is 5.28. The molecular weight excluding hydrogens is 295 g/mol. The molecule has 1 amide bonds. The van der Waals surface area contributed by atoms with E-state index in [1.807, 2.05) is 6.07 Å². The van der Waals surface area contributed by atoms with Crippen LogP contribution in [0.1, 0.15) is 25.7 Å². The van der Waals surface area contributed by atoms with E-state index >= 15 is 0 Å². The van der Waals surface area contributed by atoms with Gasteiger partial charge in [-0.25, -0.2) is 0 Å². The van der Waals surface area contributed by atoms with Crippen molar-refractivity contribution in [1.82, 2.24) is 5.32 Å². The Morgan fingerprint density at radius 2 is 2.00 bits per heavy atom. The first-order chi connectivity index (χ1) is 9.58. The Kier molecular flexibility index (Phi) is 5.70. The summed E-state index contributed by atoms with van der Waals surface area (Å²) in [5.74, 6) is 0.796. The summed E-state index contributed by atoms with van der Waals surface area (Å²) in [6, 6.07) is 5.26. The third kappa shape index (κ3) is 4.11. The summed E-state index contributed by atoms with van der Waals surface area (Å²) in [6.07, 6.45) is 3.89. The highest BCUT2D eigenvalue weighted by molar-refractivity contribution is 6.42. The first-order valence-electron chi connectivity index (χ1n) is 7.00. The summed E-state index contributed by atoms with van der Waals surface area (Å²) in [5, 5.41) is 4.32. The summed E-state index contributed by atoms with van der Waals surface area (Å²) in [4.78, 5) is 13.9. The maximum Gasteiger partial charge on any atom is 0.226 e. The number of carbonyl (C=O) groups is 1. The van der Waals surface area contributed by atoms with Gasteiger partial charge in [-0.2, -0.15) is 0 Å². The van der Waals surface area contributed by atoms with E-state index in [0.29, 0.717) is 22.4 Å². The summed E-state index contributed by atoms with van der Waals surface area (Å²) < 4.78 is 0. The Labute approximate surface area is 130 Å². The van der Waals surface area contributed by atoms with Crippen molar-refractivity contribution in [3.05, 3.63) is 28.2 Å². The van der Waals surface area contributed by atoms with Crippen LogP contribution in [0.3, 0.4) is 0 Å². The lowest BCUT2D eigenvalue weighted by Crippen LogP contribution is -2.30. The SMILES string of the molecule is CN(C(=O)CCC1CCNCC1)c1ccc(Cl)c(Cl)c1. The van der Waals surface area contributed by atoms with Crippen molar-refractivity contribution in [2.24, 2.45) is 5.92 Å². The summed E-state index contributed by atoms with van der Waals surface area (Å²) in [7, 11) is 1.78. The number of piperidine rings is 1. The Morgan fingerprint density at radius 1 is 1.30 bits per heavy atom. The normalized spacial score (nSPS) is 16.1. The molecule has 2 rings (SSSR count). The lowest BCUT2D eigenvalue weighted by molar-refractivity contribution is -0.118. The molecule has 1 N–H and O–H groups in total. The minimum atomic E-state index is 0.127. The lowest BCUT2D eigenvalue weighted by atomic mass is 9.93. The largest absolute Gasteiger partial charge is 0.317 e. The molecule has 0 spiro atoms. The highest BCUT2D eigenvalue weighted by atomic mass is 35.5. The smallest absolute Gasteiger partial charge is 0.226 e. The molecule has 1 heterocycles. The topological polar surface area (TPSA) is 32.3 Å². The van der Waals surface area contributed by atoms with Crippen LogP contribution in [0.2, 0.25) is 10.0 Å². The summed E-state index contributed by atoms with van der Waals surface area (Å²) in [5.41, 5.74) is 0.787. The van der Waals surface area contributed by atoms with Gasteiger partial charge in [-0.05, 0) is 56.5 Å². The number of halogens is 2. The predicted molar refractivity (Wildman–Crippen MR) is 84.7 cm³/mol. The Bertz CT molecular complexity index is 473. The van der Waals surface area contributed by atoms with Crippen molar-refractivity contribution < 1.29 is 4.79 Å². The third-order valence-electron chi connectivity index (χ3n) is 3.89. The van der Waals surface area contributed by atoms with Gasteiger partial charge < -0.3 is 10.2 Å². The van der Waals surface area contributed by atoms with Gasteiger partial charge in [0.1, 0.15) is 0 Å². The summed E-state index contributed by atoms with van der Waals surface area (Å²) in [6.45, 7) is 2.14. The van der Waals surface area contributed by atoms with Gasteiger partial charge in [0.25, 0.3) is 0 Å². The van der Waals surface area contributed by atoms with Crippen LogP contribution in [0, 0.1) is 5.92 Å². The Morgan fingerprint density at radius 3 is 2.65 bits per heavy atom. The zero-order valence-electron chi connectivity index (χ0n) is 11.7. The van der Waals surface area contributed by atoms with E-state index in [2.05, 4.69) is 5.32 Å².